The first-order valence-electron chi connectivity index (χ1n) is 5.82. The summed E-state index contributed by atoms with van der Waals surface area (Å²) in [5, 5.41) is 8.61. The maximum Gasteiger partial charge on any atom is 0.335 e. The van der Waals surface area contributed by atoms with E-state index in [1.807, 2.05) is 0 Å². The number of hydrogen-bond donors (Lipinski definition) is 1. The van der Waals surface area contributed by atoms with E-state index in [9.17, 15) is 22.0 Å². The van der Waals surface area contributed by atoms with Crippen LogP contribution in [0, 0.1) is 11.6 Å². The van der Waals surface area contributed by atoms with Crippen LogP contribution in [0.5, 0.6) is 5.75 Å². The predicted octanol–water partition coefficient (Wildman–Crippen LogP) is 1.87. The van der Waals surface area contributed by atoms with Crippen molar-refractivity contribution < 1.29 is 31.8 Å². The molecule has 0 saturated heterocycles. The third-order valence-electron chi connectivity index (χ3n) is 2.40. The Balaban J connectivity index is 2.77. The SMILES string of the molecule is CCCS(=O)(=O)CCOc1c(F)cc(C(=O)O)cc1F. The second-order valence-electron chi connectivity index (χ2n) is 4.07. The zero-order chi connectivity index (χ0) is 15.3. The number of halogens is 2. The first kappa shape index (κ1) is 16.4. The van der Waals surface area contributed by atoms with Crippen molar-refractivity contribution in [2.45, 2.75) is 13.3 Å². The third-order valence-corrected chi connectivity index (χ3v) is 4.22. The number of carboxylic acid groups (broad SMARTS) is 1. The molecule has 5 nitrogen and oxygen atoms in total. The minimum absolute atomic E-state index is 0.0285. The first-order chi connectivity index (χ1) is 9.26. The van der Waals surface area contributed by atoms with E-state index in [1.165, 1.54) is 0 Å². The standard InChI is InChI=1S/C12H14F2O5S/c1-2-4-20(17,18)5-3-19-11-9(13)6-8(12(15)16)7-10(11)14/h6-7H,2-5H2,1H3,(H,15,16). The maximum absolute atomic E-state index is 13.5. The van der Waals surface area contributed by atoms with Gasteiger partial charge >= 0.3 is 5.97 Å². The Labute approximate surface area is 115 Å². The smallest absolute Gasteiger partial charge is 0.335 e. The topological polar surface area (TPSA) is 80.7 Å². The Morgan fingerprint density at radius 3 is 2.25 bits per heavy atom. The summed E-state index contributed by atoms with van der Waals surface area (Å²) in [5.74, 6) is -5.01. The molecular weight excluding hydrogens is 294 g/mol. The quantitative estimate of drug-likeness (QED) is 0.831. The maximum atomic E-state index is 13.5. The summed E-state index contributed by atoms with van der Waals surface area (Å²) in [5.41, 5.74) is -0.550. The minimum Gasteiger partial charge on any atom is -0.487 e. The molecule has 0 atom stereocenters. The van der Waals surface area contributed by atoms with Crippen LogP contribution in [0.25, 0.3) is 0 Å². The zero-order valence-corrected chi connectivity index (χ0v) is 11.5. The van der Waals surface area contributed by atoms with Crippen molar-refractivity contribution in [3.63, 3.8) is 0 Å². The molecule has 1 rings (SSSR count). The fourth-order valence-corrected chi connectivity index (χ4v) is 2.67. The molecule has 0 aromatic heterocycles. The molecule has 0 spiro atoms. The highest BCUT2D eigenvalue weighted by Crippen LogP contribution is 2.23. The van der Waals surface area contributed by atoms with Gasteiger partial charge in [0.2, 0.25) is 0 Å². The van der Waals surface area contributed by atoms with E-state index >= 15 is 0 Å². The molecule has 1 aromatic carbocycles. The molecule has 20 heavy (non-hydrogen) atoms. The second-order valence-corrected chi connectivity index (χ2v) is 6.38. The lowest BCUT2D eigenvalue weighted by Crippen LogP contribution is -2.17. The second kappa shape index (κ2) is 6.65. The first-order valence-corrected chi connectivity index (χ1v) is 7.64. The molecule has 8 heteroatoms. The highest BCUT2D eigenvalue weighted by atomic mass is 32.2. The molecule has 0 aliphatic carbocycles. The van der Waals surface area contributed by atoms with Gasteiger partial charge in [0.1, 0.15) is 6.61 Å². The molecule has 1 aromatic rings. The van der Waals surface area contributed by atoms with Crippen LogP contribution in [0.1, 0.15) is 23.7 Å². The number of sulfone groups is 1. The van der Waals surface area contributed by atoms with Gasteiger partial charge in [0.05, 0.1) is 17.1 Å². The molecule has 1 N–H and O–H groups in total. The normalized spacial score (nSPS) is 11.3. The fourth-order valence-electron chi connectivity index (χ4n) is 1.51. The zero-order valence-electron chi connectivity index (χ0n) is 10.7. The Morgan fingerprint density at radius 2 is 1.80 bits per heavy atom. The number of benzene rings is 1. The third kappa shape index (κ3) is 4.44. The molecule has 0 radical (unpaired) electrons. The number of carboxylic acids is 1. The van der Waals surface area contributed by atoms with Gasteiger partial charge in [-0.25, -0.2) is 22.0 Å². The fraction of sp³-hybridized carbons (Fsp3) is 0.417. The number of carbonyl (C=O) groups is 1. The van der Waals surface area contributed by atoms with Crippen LogP contribution in [0.2, 0.25) is 0 Å². The highest BCUT2D eigenvalue weighted by Gasteiger charge is 2.17. The van der Waals surface area contributed by atoms with Crippen LogP contribution in [0.15, 0.2) is 12.1 Å². The van der Waals surface area contributed by atoms with Crippen LogP contribution < -0.4 is 4.74 Å². The van der Waals surface area contributed by atoms with Gasteiger partial charge in [-0.05, 0) is 18.6 Å². The summed E-state index contributed by atoms with van der Waals surface area (Å²) in [6.07, 6.45) is 0.443. The van der Waals surface area contributed by atoms with E-state index in [2.05, 4.69) is 0 Å². The van der Waals surface area contributed by atoms with Crippen molar-refractivity contribution in [1.82, 2.24) is 0 Å². The number of ether oxygens (including phenoxy) is 1. The molecule has 0 amide bonds. The van der Waals surface area contributed by atoms with Crippen LogP contribution in [-0.2, 0) is 9.84 Å². The summed E-state index contributed by atoms with van der Waals surface area (Å²) in [7, 11) is -3.31. The molecule has 0 unspecified atom stereocenters. The van der Waals surface area contributed by atoms with E-state index in [0.29, 0.717) is 18.6 Å². The molecule has 0 saturated carbocycles. The van der Waals surface area contributed by atoms with E-state index in [4.69, 9.17) is 9.84 Å². The van der Waals surface area contributed by atoms with Gasteiger partial charge in [-0.15, -0.1) is 0 Å². The summed E-state index contributed by atoms with van der Waals surface area (Å²) in [6, 6.07) is 1.22. The van der Waals surface area contributed by atoms with E-state index < -0.39 is 45.4 Å². The Kier molecular flexibility index (Phi) is 5.43. The summed E-state index contributed by atoms with van der Waals surface area (Å²) in [4.78, 5) is 10.6. The lowest BCUT2D eigenvalue weighted by molar-refractivity contribution is 0.0695. The van der Waals surface area contributed by atoms with E-state index in [0.717, 1.165) is 0 Å². The monoisotopic (exact) mass is 308 g/mol. The van der Waals surface area contributed by atoms with Crippen LogP contribution >= 0.6 is 0 Å². The Hall–Kier alpha value is -1.70. The molecule has 112 valence electrons. The van der Waals surface area contributed by atoms with Crippen LogP contribution in [0.4, 0.5) is 8.78 Å². The summed E-state index contributed by atoms with van der Waals surface area (Å²) in [6.45, 7) is 1.30. The van der Waals surface area contributed by atoms with Crippen LogP contribution in [-0.4, -0.2) is 37.6 Å². The lowest BCUT2D eigenvalue weighted by atomic mass is 10.2. The molecule has 0 bridgehead atoms. The van der Waals surface area contributed by atoms with Crippen molar-refractivity contribution in [2.75, 3.05) is 18.1 Å². The lowest BCUT2D eigenvalue weighted by Gasteiger charge is -2.09. The Bertz CT molecular complexity index is 575. The van der Waals surface area contributed by atoms with Crippen LogP contribution in [0.3, 0.4) is 0 Å². The van der Waals surface area contributed by atoms with Gasteiger partial charge in [0.15, 0.2) is 27.2 Å². The van der Waals surface area contributed by atoms with E-state index in [1.54, 1.807) is 6.92 Å². The molecule has 0 heterocycles. The van der Waals surface area contributed by atoms with Crippen molar-refractivity contribution in [3.05, 3.63) is 29.3 Å². The minimum atomic E-state index is -3.31. The van der Waals surface area contributed by atoms with Crippen molar-refractivity contribution >= 4 is 15.8 Å². The number of rotatable bonds is 7. The van der Waals surface area contributed by atoms with Gasteiger partial charge in [-0.3, -0.25) is 0 Å². The van der Waals surface area contributed by atoms with Crippen molar-refractivity contribution in [1.29, 1.82) is 0 Å². The number of aromatic carboxylic acids is 1. The van der Waals surface area contributed by atoms with Gasteiger partial charge in [-0.1, -0.05) is 6.92 Å². The molecule has 0 aliphatic heterocycles. The van der Waals surface area contributed by atoms with E-state index in [-0.39, 0.29) is 11.5 Å². The summed E-state index contributed by atoms with van der Waals surface area (Å²) >= 11 is 0. The highest BCUT2D eigenvalue weighted by molar-refractivity contribution is 7.91. The van der Waals surface area contributed by atoms with Gasteiger partial charge in [-0.2, -0.15) is 0 Å². The molecule has 0 aliphatic rings. The van der Waals surface area contributed by atoms with Crippen molar-refractivity contribution in [3.8, 4) is 5.75 Å². The average molecular weight is 308 g/mol. The molecule has 0 fully saturated rings. The molecular formula is C12H14F2O5S. The van der Waals surface area contributed by atoms with Crippen molar-refractivity contribution in [2.24, 2.45) is 0 Å². The number of hydrogen-bond acceptors (Lipinski definition) is 4. The van der Waals surface area contributed by atoms with Gasteiger partial charge < -0.3 is 9.84 Å². The average Bonchev–Trinajstić information content (AvgIpc) is 2.32. The summed E-state index contributed by atoms with van der Waals surface area (Å²) < 4.78 is 54.5. The largest absolute Gasteiger partial charge is 0.487 e. The Morgan fingerprint density at radius 1 is 1.25 bits per heavy atom. The van der Waals surface area contributed by atoms with Gasteiger partial charge in [0.25, 0.3) is 0 Å². The predicted molar refractivity (Wildman–Crippen MR) is 67.8 cm³/mol. The van der Waals surface area contributed by atoms with Gasteiger partial charge in [0, 0.05) is 0 Å².